The second kappa shape index (κ2) is 5.52. The van der Waals surface area contributed by atoms with Gasteiger partial charge in [0.1, 0.15) is 5.82 Å². The van der Waals surface area contributed by atoms with Crippen molar-refractivity contribution in [2.75, 3.05) is 5.32 Å². The van der Waals surface area contributed by atoms with Crippen LogP contribution >= 0.6 is 15.9 Å². The first-order valence-corrected chi connectivity index (χ1v) is 7.66. The second-order valence-corrected chi connectivity index (χ2v) is 6.16. The molecule has 3 rings (SSSR count). The Morgan fingerprint density at radius 1 is 1.29 bits per heavy atom. The van der Waals surface area contributed by atoms with Crippen LogP contribution in [0.4, 0.5) is 5.82 Å². The Morgan fingerprint density at radius 2 is 2.00 bits per heavy atom. The first kappa shape index (κ1) is 14.1. The zero-order valence-corrected chi connectivity index (χ0v) is 13.3. The molecule has 1 aromatic heterocycles. The third kappa shape index (κ3) is 2.95. The van der Waals surface area contributed by atoms with Crippen molar-refractivity contribution in [3.05, 3.63) is 61.2 Å². The largest absolute Gasteiger partial charge is 0.368 e. The van der Waals surface area contributed by atoms with E-state index in [0.717, 1.165) is 27.4 Å². The number of nitrogens with zero attached hydrogens (tertiary/aromatic N) is 2. The number of hydrogen-bond donors (Lipinski definition) is 1. The molecule has 0 atom stereocenters. The average molecular weight is 350 g/mol. The number of anilines is 1. The van der Waals surface area contributed by atoms with E-state index in [1.54, 1.807) is 4.57 Å². The third-order valence-corrected chi connectivity index (χ3v) is 4.39. The Bertz CT molecular complexity index is 790. The minimum Gasteiger partial charge on any atom is -0.368 e. The van der Waals surface area contributed by atoms with Crippen molar-refractivity contribution in [1.29, 1.82) is 0 Å². The van der Waals surface area contributed by atoms with Gasteiger partial charge in [-0.2, -0.15) is 0 Å². The summed E-state index contributed by atoms with van der Waals surface area (Å²) in [6, 6.07) is 9.64. The molecule has 1 N–H and O–H groups in total. The Hall–Kier alpha value is -1.82. The Balaban J connectivity index is 2.07. The maximum Gasteiger partial charge on any atom is 0.332 e. The SMILES string of the molecule is Cn1c(=O)cc(NC2CC2)n(Cc2ccccc2Br)c1=O. The first-order valence-electron chi connectivity index (χ1n) is 6.87. The number of hydrogen-bond acceptors (Lipinski definition) is 3. The van der Waals surface area contributed by atoms with Gasteiger partial charge >= 0.3 is 5.69 Å². The first-order chi connectivity index (χ1) is 10.1. The van der Waals surface area contributed by atoms with Crippen LogP contribution in [-0.4, -0.2) is 15.2 Å². The summed E-state index contributed by atoms with van der Waals surface area (Å²) in [5.74, 6) is 0.598. The summed E-state index contributed by atoms with van der Waals surface area (Å²) in [6.07, 6.45) is 2.16. The zero-order valence-electron chi connectivity index (χ0n) is 11.7. The molecule has 0 radical (unpaired) electrons. The normalized spacial score (nSPS) is 14.2. The highest BCUT2D eigenvalue weighted by Gasteiger charge is 2.23. The molecule has 1 heterocycles. The quantitative estimate of drug-likeness (QED) is 0.917. The lowest BCUT2D eigenvalue weighted by Crippen LogP contribution is -2.39. The van der Waals surface area contributed by atoms with Crippen LogP contribution in [0, 0.1) is 0 Å². The molecule has 21 heavy (non-hydrogen) atoms. The van der Waals surface area contributed by atoms with Crippen molar-refractivity contribution in [2.45, 2.75) is 25.4 Å². The van der Waals surface area contributed by atoms with Crippen molar-refractivity contribution in [3.63, 3.8) is 0 Å². The lowest BCUT2D eigenvalue weighted by Gasteiger charge is -2.15. The lowest BCUT2D eigenvalue weighted by atomic mass is 10.2. The minimum atomic E-state index is -0.304. The van der Waals surface area contributed by atoms with Crippen LogP contribution in [0.2, 0.25) is 0 Å². The summed E-state index contributed by atoms with van der Waals surface area (Å²) in [7, 11) is 1.50. The van der Waals surface area contributed by atoms with Crippen molar-refractivity contribution >= 4 is 21.7 Å². The van der Waals surface area contributed by atoms with E-state index >= 15 is 0 Å². The van der Waals surface area contributed by atoms with E-state index in [-0.39, 0.29) is 11.2 Å². The molecule has 1 aliphatic rings. The zero-order chi connectivity index (χ0) is 15.0. The van der Waals surface area contributed by atoms with Gasteiger partial charge in [-0.05, 0) is 24.5 Å². The maximum atomic E-state index is 12.4. The number of nitrogens with one attached hydrogen (secondary N) is 1. The molecule has 1 fully saturated rings. The van der Waals surface area contributed by atoms with Gasteiger partial charge in [-0.1, -0.05) is 34.1 Å². The van der Waals surface area contributed by atoms with Crippen molar-refractivity contribution < 1.29 is 0 Å². The number of halogens is 1. The predicted molar refractivity (Wildman–Crippen MR) is 85.8 cm³/mol. The average Bonchev–Trinajstić information content (AvgIpc) is 3.27. The smallest absolute Gasteiger partial charge is 0.332 e. The molecule has 1 saturated carbocycles. The van der Waals surface area contributed by atoms with Crippen LogP contribution in [0.5, 0.6) is 0 Å². The van der Waals surface area contributed by atoms with E-state index in [2.05, 4.69) is 21.2 Å². The molecular formula is C15H16BrN3O2. The fourth-order valence-corrected chi connectivity index (χ4v) is 2.59. The number of benzene rings is 1. The second-order valence-electron chi connectivity index (χ2n) is 5.31. The highest BCUT2D eigenvalue weighted by molar-refractivity contribution is 9.10. The molecule has 1 aliphatic carbocycles. The molecule has 0 spiro atoms. The van der Waals surface area contributed by atoms with Crippen molar-refractivity contribution in [3.8, 4) is 0 Å². The molecule has 0 amide bonds. The number of rotatable bonds is 4. The van der Waals surface area contributed by atoms with E-state index in [9.17, 15) is 9.59 Å². The monoisotopic (exact) mass is 349 g/mol. The van der Waals surface area contributed by atoms with Crippen molar-refractivity contribution in [1.82, 2.24) is 9.13 Å². The van der Waals surface area contributed by atoms with Gasteiger partial charge in [0.05, 0.1) is 6.54 Å². The van der Waals surface area contributed by atoms with Gasteiger partial charge in [0.15, 0.2) is 0 Å². The van der Waals surface area contributed by atoms with Crippen LogP contribution in [-0.2, 0) is 13.6 Å². The molecule has 0 aliphatic heterocycles. The van der Waals surface area contributed by atoms with E-state index in [4.69, 9.17) is 0 Å². The Labute approximate surface area is 130 Å². The van der Waals surface area contributed by atoms with Crippen LogP contribution in [0.15, 0.2) is 44.4 Å². The topological polar surface area (TPSA) is 56.0 Å². The van der Waals surface area contributed by atoms with Gasteiger partial charge in [-0.25, -0.2) is 4.79 Å². The van der Waals surface area contributed by atoms with Crippen molar-refractivity contribution in [2.24, 2.45) is 7.05 Å². The molecule has 0 saturated heterocycles. The highest BCUT2D eigenvalue weighted by atomic mass is 79.9. The molecule has 6 heteroatoms. The van der Waals surface area contributed by atoms with Gasteiger partial charge in [0.2, 0.25) is 0 Å². The van der Waals surface area contributed by atoms with Gasteiger partial charge in [-0.3, -0.25) is 13.9 Å². The molecule has 2 aromatic rings. The predicted octanol–water partition coefficient (Wildman–Crippen LogP) is 1.93. The summed E-state index contributed by atoms with van der Waals surface area (Å²) in [4.78, 5) is 24.2. The minimum absolute atomic E-state index is 0.286. The van der Waals surface area contributed by atoms with Crippen LogP contribution in [0.1, 0.15) is 18.4 Å². The molecule has 0 bridgehead atoms. The molecule has 1 aromatic carbocycles. The van der Waals surface area contributed by atoms with E-state index < -0.39 is 0 Å². The third-order valence-electron chi connectivity index (χ3n) is 3.62. The van der Waals surface area contributed by atoms with Crippen LogP contribution in [0.25, 0.3) is 0 Å². The molecule has 0 unspecified atom stereocenters. The van der Waals surface area contributed by atoms with E-state index in [1.165, 1.54) is 13.1 Å². The van der Waals surface area contributed by atoms with Crippen LogP contribution in [0.3, 0.4) is 0 Å². The van der Waals surface area contributed by atoms with Crippen LogP contribution < -0.4 is 16.6 Å². The highest BCUT2D eigenvalue weighted by Crippen LogP contribution is 2.24. The van der Waals surface area contributed by atoms with Gasteiger partial charge in [0.25, 0.3) is 5.56 Å². The summed E-state index contributed by atoms with van der Waals surface area (Å²) < 4.78 is 3.69. The van der Waals surface area contributed by atoms with Gasteiger partial charge < -0.3 is 5.32 Å². The molecule has 5 nitrogen and oxygen atoms in total. The fourth-order valence-electron chi connectivity index (χ4n) is 2.18. The number of aromatic nitrogens is 2. The molecular weight excluding hydrogens is 334 g/mol. The summed E-state index contributed by atoms with van der Waals surface area (Å²) in [6.45, 7) is 0.420. The summed E-state index contributed by atoms with van der Waals surface area (Å²) in [5.41, 5.74) is 0.407. The summed E-state index contributed by atoms with van der Waals surface area (Å²) >= 11 is 3.49. The Morgan fingerprint density at radius 3 is 2.67 bits per heavy atom. The van der Waals surface area contributed by atoms with E-state index in [0.29, 0.717) is 18.4 Å². The standard InChI is InChI=1S/C15H16BrN3O2/c1-18-14(20)8-13(17-11-6-7-11)19(15(18)21)9-10-4-2-3-5-12(10)16/h2-5,8,11,17H,6-7,9H2,1H3. The molecule has 110 valence electrons. The lowest BCUT2D eigenvalue weighted by molar-refractivity contribution is 0.648. The summed E-state index contributed by atoms with van der Waals surface area (Å²) in [5, 5.41) is 3.27. The fraction of sp³-hybridized carbons (Fsp3) is 0.333. The van der Waals surface area contributed by atoms with E-state index in [1.807, 2.05) is 24.3 Å². The Kier molecular flexibility index (Phi) is 3.71. The van der Waals surface area contributed by atoms with Gasteiger partial charge in [0, 0.05) is 23.6 Å². The maximum absolute atomic E-state index is 12.4. The van der Waals surface area contributed by atoms with Gasteiger partial charge in [-0.15, -0.1) is 0 Å².